The van der Waals surface area contributed by atoms with E-state index in [-0.39, 0.29) is 5.91 Å². The van der Waals surface area contributed by atoms with Crippen molar-refractivity contribution in [3.05, 3.63) is 35.3 Å². The van der Waals surface area contributed by atoms with Gasteiger partial charge in [-0.05, 0) is 12.1 Å². The summed E-state index contributed by atoms with van der Waals surface area (Å²) in [6, 6.07) is 7.72. The number of rotatable bonds is 2. The van der Waals surface area contributed by atoms with Crippen LogP contribution in [-0.4, -0.2) is 15.9 Å². The first-order valence-electron chi connectivity index (χ1n) is 5.10. The summed E-state index contributed by atoms with van der Waals surface area (Å²) in [6.45, 7) is 0. The zero-order chi connectivity index (χ0) is 12.5. The lowest BCUT2D eigenvalue weighted by Gasteiger charge is -1.96. The maximum Gasteiger partial charge on any atom is 0.276 e. The van der Waals surface area contributed by atoms with Gasteiger partial charge in [0.1, 0.15) is 5.69 Å². The predicted molar refractivity (Wildman–Crippen MR) is 74.1 cm³/mol. The van der Waals surface area contributed by atoms with Gasteiger partial charge in [0, 0.05) is 5.38 Å². The molecule has 0 aliphatic rings. The zero-order valence-electron chi connectivity index (χ0n) is 9.08. The van der Waals surface area contributed by atoms with Crippen LogP contribution in [0.1, 0.15) is 10.5 Å². The Balaban J connectivity index is 1.86. The number of hydrogen-bond acceptors (Lipinski definition) is 6. The first-order chi connectivity index (χ1) is 8.72. The van der Waals surface area contributed by atoms with Gasteiger partial charge in [0.25, 0.3) is 5.91 Å². The SMILES string of the molecule is Nc1nc(C(=O)Nc2nc3ccccc3s2)cs1. The first kappa shape index (κ1) is 11.1. The standard InChI is InChI=1S/C11H8N4OS2/c12-10-13-7(5-17-10)9(16)15-11-14-6-3-1-2-4-8(6)18-11/h1-5H,(H2,12,13)(H,14,15,16). The molecule has 3 N–H and O–H groups in total. The third-order valence-electron chi connectivity index (χ3n) is 2.27. The van der Waals surface area contributed by atoms with E-state index in [1.54, 1.807) is 5.38 Å². The van der Waals surface area contributed by atoms with Crippen molar-refractivity contribution in [3.8, 4) is 0 Å². The summed E-state index contributed by atoms with van der Waals surface area (Å²) in [4.78, 5) is 20.1. The quantitative estimate of drug-likeness (QED) is 0.753. The number of para-hydroxylation sites is 1. The molecule has 0 spiro atoms. The highest BCUT2D eigenvalue weighted by atomic mass is 32.1. The minimum absolute atomic E-state index is 0.290. The summed E-state index contributed by atoms with van der Waals surface area (Å²) in [5.74, 6) is -0.290. The Labute approximate surface area is 110 Å². The number of aromatic nitrogens is 2. The molecule has 0 bridgehead atoms. The number of fused-ring (bicyclic) bond motifs is 1. The van der Waals surface area contributed by atoms with Crippen molar-refractivity contribution in [2.45, 2.75) is 0 Å². The second-order valence-corrected chi connectivity index (χ2v) is 5.43. The van der Waals surface area contributed by atoms with E-state index in [0.717, 1.165) is 10.2 Å². The summed E-state index contributed by atoms with van der Waals surface area (Å²) in [5, 5.41) is 5.28. The van der Waals surface area contributed by atoms with Crippen molar-refractivity contribution in [1.82, 2.24) is 9.97 Å². The zero-order valence-corrected chi connectivity index (χ0v) is 10.7. The molecule has 0 fully saturated rings. The van der Waals surface area contributed by atoms with E-state index in [9.17, 15) is 4.79 Å². The highest BCUT2D eigenvalue weighted by Crippen LogP contribution is 2.25. The minimum Gasteiger partial charge on any atom is -0.375 e. The summed E-state index contributed by atoms with van der Waals surface area (Å²) in [7, 11) is 0. The summed E-state index contributed by atoms with van der Waals surface area (Å²) >= 11 is 2.67. The van der Waals surface area contributed by atoms with Gasteiger partial charge in [0.05, 0.1) is 10.2 Å². The fourth-order valence-corrected chi connectivity index (χ4v) is 2.88. The average molecular weight is 276 g/mol. The Morgan fingerprint density at radius 3 is 2.83 bits per heavy atom. The van der Waals surface area contributed by atoms with Crippen molar-refractivity contribution in [1.29, 1.82) is 0 Å². The molecular formula is C11H8N4OS2. The van der Waals surface area contributed by atoms with Crippen LogP contribution in [0.2, 0.25) is 0 Å². The molecule has 1 amide bonds. The number of nitrogens with zero attached hydrogens (tertiary/aromatic N) is 2. The van der Waals surface area contributed by atoms with Crippen molar-refractivity contribution in [3.63, 3.8) is 0 Å². The Kier molecular flexibility index (Phi) is 2.69. The predicted octanol–water partition coefficient (Wildman–Crippen LogP) is 2.59. The number of nitrogens with two attached hydrogens (primary N) is 1. The summed E-state index contributed by atoms with van der Waals surface area (Å²) < 4.78 is 1.03. The number of carbonyl (C=O) groups is 1. The third-order valence-corrected chi connectivity index (χ3v) is 3.89. The molecule has 0 radical (unpaired) electrons. The molecule has 5 nitrogen and oxygen atoms in total. The molecule has 90 valence electrons. The van der Waals surface area contributed by atoms with Crippen LogP contribution >= 0.6 is 22.7 Å². The average Bonchev–Trinajstić information content (AvgIpc) is 2.94. The molecule has 0 saturated carbocycles. The molecule has 3 rings (SSSR count). The molecule has 3 aromatic rings. The van der Waals surface area contributed by atoms with Gasteiger partial charge in [0.15, 0.2) is 10.3 Å². The Bertz CT molecular complexity index is 685. The van der Waals surface area contributed by atoms with E-state index in [1.165, 1.54) is 22.7 Å². The van der Waals surface area contributed by atoms with Gasteiger partial charge in [-0.1, -0.05) is 23.5 Å². The van der Waals surface area contributed by atoms with E-state index in [1.807, 2.05) is 24.3 Å². The van der Waals surface area contributed by atoms with Crippen LogP contribution in [0, 0.1) is 0 Å². The number of nitrogen functional groups attached to an aromatic ring is 1. The van der Waals surface area contributed by atoms with E-state index in [0.29, 0.717) is 16.0 Å². The van der Waals surface area contributed by atoms with Crippen molar-refractivity contribution in [2.24, 2.45) is 0 Å². The van der Waals surface area contributed by atoms with Crippen molar-refractivity contribution < 1.29 is 4.79 Å². The topological polar surface area (TPSA) is 80.9 Å². The third kappa shape index (κ3) is 2.05. The number of hydrogen-bond donors (Lipinski definition) is 2. The van der Waals surface area contributed by atoms with E-state index in [2.05, 4.69) is 15.3 Å². The van der Waals surface area contributed by atoms with Gasteiger partial charge in [-0.15, -0.1) is 11.3 Å². The van der Waals surface area contributed by atoms with Crippen LogP contribution in [0.15, 0.2) is 29.6 Å². The molecular weight excluding hydrogens is 268 g/mol. The second kappa shape index (κ2) is 4.35. The monoisotopic (exact) mass is 276 g/mol. The maximum absolute atomic E-state index is 11.8. The lowest BCUT2D eigenvalue weighted by molar-refractivity contribution is 0.102. The molecule has 0 atom stereocenters. The van der Waals surface area contributed by atoms with E-state index < -0.39 is 0 Å². The number of thiazole rings is 2. The van der Waals surface area contributed by atoms with Gasteiger partial charge in [-0.3, -0.25) is 10.1 Å². The van der Waals surface area contributed by atoms with Crippen LogP contribution in [-0.2, 0) is 0 Å². The van der Waals surface area contributed by atoms with Crippen LogP contribution in [0.25, 0.3) is 10.2 Å². The Hall–Kier alpha value is -1.99. The van der Waals surface area contributed by atoms with Crippen LogP contribution in [0.5, 0.6) is 0 Å². The largest absolute Gasteiger partial charge is 0.375 e. The molecule has 0 aliphatic heterocycles. The second-order valence-electron chi connectivity index (χ2n) is 3.51. The molecule has 18 heavy (non-hydrogen) atoms. The fraction of sp³-hybridized carbons (Fsp3) is 0. The highest BCUT2D eigenvalue weighted by Gasteiger charge is 2.12. The van der Waals surface area contributed by atoms with Crippen molar-refractivity contribution >= 4 is 49.1 Å². The Morgan fingerprint density at radius 2 is 2.11 bits per heavy atom. The van der Waals surface area contributed by atoms with Gasteiger partial charge in [-0.25, -0.2) is 9.97 Å². The van der Waals surface area contributed by atoms with Gasteiger partial charge in [-0.2, -0.15) is 0 Å². The summed E-state index contributed by atoms with van der Waals surface area (Å²) in [6.07, 6.45) is 0. The summed E-state index contributed by atoms with van der Waals surface area (Å²) in [5.41, 5.74) is 6.67. The van der Waals surface area contributed by atoms with E-state index >= 15 is 0 Å². The highest BCUT2D eigenvalue weighted by molar-refractivity contribution is 7.22. The van der Waals surface area contributed by atoms with Gasteiger partial charge < -0.3 is 5.73 Å². The van der Waals surface area contributed by atoms with Crippen LogP contribution < -0.4 is 11.1 Å². The van der Waals surface area contributed by atoms with Crippen LogP contribution in [0.4, 0.5) is 10.3 Å². The van der Waals surface area contributed by atoms with Gasteiger partial charge >= 0.3 is 0 Å². The van der Waals surface area contributed by atoms with Crippen molar-refractivity contribution in [2.75, 3.05) is 11.1 Å². The van der Waals surface area contributed by atoms with Gasteiger partial charge in [0.2, 0.25) is 0 Å². The molecule has 0 saturated heterocycles. The molecule has 2 aromatic heterocycles. The minimum atomic E-state index is -0.290. The maximum atomic E-state index is 11.8. The number of anilines is 2. The normalized spacial score (nSPS) is 10.7. The smallest absolute Gasteiger partial charge is 0.276 e. The molecule has 1 aromatic carbocycles. The van der Waals surface area contributed by atoms with Crippen LogP contribution in [0.3, 0.4) is 0 Å². The molecule has 0 aliphatic carbocycles. The molecule has 7 heteroatoms. The lowest BCUT2D eigenvalue weighted by Crippen LogP contribution is -2.12. The molecule has 2 heterocycles. The number of nitrogens with one attached hydrogen (secondary N) is 1. The first-order valence-corrected chi connectivity index (χ1v) is 6.80. The number of benzene rings is 1. The molecule has 0 unspecified atom stereocenters. The lowest BCUT2D eigenvalue weighted by atomic mass is 10.3. The fourth-order valence-electron chi connectivity index (χ4n) is 1.48. The number of amides is 1. The number of carbonyl (C=O) groups excluding carboxylic acids is 1. The van der Waals surface area contributed by atoms with E-state index in [4.69, 9.17) is 5.73 Å². The Morgan fingerprint density at radius 1 is 1.28 bits per heavy atom.